The Labute approximate surface area is 103 Å². The molecule has 0 radical (unpaired) electrons. The Kier molecular flexibility index (Phi) is 6.50. The normalized spacial score (nSPS) is 10.8. The maximum Gasteiger partial charge on any atom is 0.222 e. The first kappa shape index (κ1) is 13.9. The Morgan fingerprint density at radius 2 is 1.88 bits per heavy atom. The smallest absolute Gasteiger partial charge is 0.222 e. The van der Waals surface area contributed by atoms with Gasteiger partial charge in [-0.2, -0.15) is 0 Å². The molecule has 1 aromatic heterocycles. The van der Waals surface area contributed by atoms with E-state index in [1.165, 1.54) is 0 Å². The summed E-state index contributed by atoms with van der Waals surface area (Å²) in [7, 11) is 1.97. The van der Waals surface area contributed by atoms with E-state index in [9.17, 15) is 0 Å². The van der Waals surface area contributed by atoms with Crippen LogP contribution in [0.25, 0.3) is 0 Å². The fraction of sp³-hybridized carbons (Fsp3) is 0.667. The van der Waals surface area contributed by atoms with E-state index in [2.05, 4.69) is 39.8 Å². The van der Waals surface area contributed by atoms with Crippen molar-refractivity contribution in [2.45, 2.75) is 32.9 Å². The molecule has 1 rings (SSSR count). The average molecular weight is 237 g/mol. The number of aromatic nitrogens is 2. The number of rotatable bonds is 8. The van der Waals surface area contributed by atoms with Crippen molar-refractivity contribution in [3.63, 3.8) is 0 Å². The number of nitrogens with one attached hydrogen (secondary N) is 3. The summed E-state index contributed by atoms with van der Waals surface area (Å²) in [5.41, 5.74) is 1.11. The molecular weight excluding hydrogens is 214 g/mol. The summed E-state index contributed by atoms with van der Waals surface area (Å²) >= 11 is 0. The molecule has 0 saturated carbocycles. The summed E-state index contributed by atoms with van der Waals surface area (Å²) < 4.78 is 0. The minimum absolute atomic E-state index is 0.362. The molecule has 0 aliphatic rings. The zero-order chi connectivity index (χ0) is 12.5. The summed E-state index contributed by atoms with van der Waals surface area (Å²) in [6.45, 7) is 7.01. The molecule has 0 amide bonds. The molecule has 17 heavy (non-hydrogen) atoms. The van der Waals surface area contributed by atoms with Gasteiger partial charge in [0, 0.05) is 30.5 Å². The first-order chi connectivity index (χ1) is 8.22. The van der Waals surface area contributed by atoms with Crippen LogP contribution in [0.15, 0.2) is 12.4 Å². The van der Waals surface area contributed by atoms with Crippen molar-refractivity contribution in [1.29, 1.82) is 0 Å². The topological polar surface area (TPSA) is 61.9 Å². The van der Waals surface area contributed by atoms with E-state index >= 15 is 0 Å². The molecule has 96 valence electrons. The molecule has 1 aromatic rings. The predicted molar refractivity (Wildman–Crippen MR) is 71.0 cm³/mol. The molecule has 0 bridgehead atoms. The highest BCUT2D eigenvalue weighted by molar-refractivity contribution is 5.25. The van der Waals surface area contributed by atoms with Crippen molar-refractivity contribution in [2.24, 2.45) is 0 Å². The van der Waals surface area contributed by atoms with E-state index in [4.69, 9.17) is 0 Å². The van der Waals surface area contributed by atoms with Crippen LogP contribution in [0.5, 0.6) is 0 Å². The van der Waals surface area contributed by atoms with Crippen LogP contribution in [0.3, 0.4) is 0 Å². The van der Waals surface area contributed by atoms with Crippen molar-refractivity contribution in [3.8, 4) is 0 Å². The summed E-state index contributed by atoms with van der Waals surface area (Å²) in [5, 5.41) is 9.64. The van der Waals surface area contributed by atoms with Crippen LogP contribution in [0.2, 0.25) is 0 Å². The van der Waals surface area contributed by atoms with Gasteiger partial charge >= 0.3 is 0 Å². The minimum Gasteiger partial charge on any atom is -0.352 e. The van der Waals surface area contributed by atoms with Crippen molar-refractivity contribution in [1.82, 2.24) is 20.6 Å². The Morgan fingerprint density at radius 3 is 2.47 bits per heavy atom. The third-order valence-electron chi connectivity index (χ3n) is 2.23. The first-order valence-corrected chi connectivity index (χ1v) is 6.15. The Hall–Kier alpha value is -1.20. The highest BCUT2D eigenvalue weighted by atomic mass is 15.1. The molecule has 3 N–H and O–H groups in total. The van der Waals surface area contributed by atoms with Gasteiger partial charge in [-0.15, -0.1) is 0 Å². The summed E-state index contributed by atoms with van der Waals surface area (Å²) in [6, 6.07) is 0.362. The van der Waals surface area contributed by atoms with Crippen LogP contribution in [0, 0.1) is 0 Å². The Balaban J connectivity index is 2.25. The second-order valence-corrected chi connectivity index (χ2v) is 4.35. The van der Waals surface area contributed by atoms with Crippen LogP contribution >= 0.6 is 0 Å². The van der Waals surface area contributed by atoms with Crippen molar-refractivity contribution >= 4 is 5.95 Å². The molecule has 0 fully saturated rings. The van der Waals surface area contributed by atoms with Gasteiger partial charge in [0.15, 0.2) is 0 Å². The third-order valence-corrected chi connectivity index (χ3v) is 2.23. The van der Waals surface area contributed by atoms with Crippen LogP contribution in [0.1, 0.15) is 25.8 Å². The van der Waals surface area contributed by atoms with Gasteiger partial charge in [0.05, 0.1) is 0 Å². The van der Waals surface area contributed by atoms with Crippen LogP contribution in [-0.2, 0) is 6.54 Å². The molecule has 0 aliphatic carbocycles. The van der Waals surface area contributed by atoms with Crippen molar-refractivity contribution in [2.75, 3.05) is 25.5 Å². The molecule has 5 nitrogen and oxygen atoms in total. The van der Waals surface area contributed by atoms with Gasteiger partial charge in [-0.3, -0.25) is 0 Å². The van der Waals surface area contributed by atoms with E-state index in [1.807, 2.05) is 19.4 Å². The van der Waals surface area contributed by atoms with Crippen LogP contribution in [0.4, 0.5) is 5.95 Å². The molecule has 5 heteroatoms. The number of nitrogens with zero attached hydrogens (tertiary/aromatic N) is 2. The molecule has 0 spiro atoms. The second-order valence-electron chi connectivity index (χ2n) is 4.35. The molecule has 0 atom stereocenters. The number of hydrogen-bond acceptors (Lipinski definition) is 5. The van der Waals surface area contributed by atoms with Crippen molar-refractivity contribution < 1.29 is 0 Å². The quantitative estimate of drug-likeness (QED) is 0.589. The lowest BCUT2D eigenvalue weighted by atomic mass is 10.3. The zero-order valence-electron chi connectivity index (χ0n) is 11.0. The lowest BCUT2D eigenvalue weighted by Gasteiger charge is -2.08. The second kappa shape index (κ2) is 7.97. The van der Waals surface area contributed by atoms with E-state index < -0.39 is 0 Å². The molecule has 0 saturated heterocycles. The molecule has 1 heterocycles. The van der Waals surface area contributed by atoms with Crippen LogP contribution < -0.4 is 16.0 Å². The van der Waals surface area contributed by atoms with E-state index in [-0.39, 0.29) is 0 Å². The average Bonchev–Trinajstić information content (AvgIpc) is 2.30. The first-order valence-electron chi connectivity index (χ1n) is 6.15. The van der Waals surface area contributed by atoms with Gasteiger partial charge in [-0.05, 0) is 40.4 Å². The van der Waals surface area contributed by atoms with Gasteiger partial charge < -0.3 is 16.0 Å². The summed E-state index contributed by atoms with van der Waals surface area (Å²) in [6.07, 6.45) is 4.86. The highest BCUT2D eigenvalue weighted by Crippen LogP contribution is 2.01. The maximum absolute atomic E-state index is 4.26. The third kappa shape index (κ3) is 6.19. The predicted octanol–water partition coefficient (Wildman–Crippen LogP) is 0.996. The van der Waals surface area contributed by atoms with Gasteiger partial charge in [-0.25, -0.2) is 9.97 Å². The lowest BCUT2D eigenvalue weighted by molar-refractivity contribution is 0.623. The maximum atomic E-state index is 4.26. The largest absolute Gasteiger partial charge is 0.352 e. The van der Waals surface area contributed by atoms with Crippen LogP contribution in [-0.4, -0.2) is 36.1 Å². The molecule has 0 unspecified atom stereocenters. The molecular formula is C12H23N5. The Bertz CT molecular complexity index is 296. The standard InChI is InChI=1S/C12H23N5/c1-10(2)17-12-15-8-11(9-16-12)7-14-6-4-5-13-3/h8-10,13-14H,4-7H2,1-3H3,(H,15,16,17). The van der Waals surface area contributed by atoms with Crippen molar-refractivity contribution in [3.05, 3.63) is 18.0 Å². The molecule has 0 aliphatic heterocycles. The van der Waals surface area contributed by atoms with Gasteiger partial charge in [0.2, 0.25) is 5.95 Å². The molecule has 0 aromatic carbocycles. The summed E-state index contributed by atoms with van der Waals surface area (Å²) in [5.74, 6) is 0.693. The van der Waals surface area contributed by atoms with Gasteiger partial charge in [0.25, 0.3) is 0 Å². The van der Waals surface area contributed by atoms with Gasteiger partial charge in [0.1, 0.15) is 0 Å². The van der Waals surface area contributed by atoms with E-state index in [0.717, 1.165) is 31.6 Å². The minimum atomic E-state index is 0.362. The van der Waals surface area contributed by atoms with Gasteiger partial charge in [-0.1, -0.05) is 0 Å². The fourth-order valence-electron chi connectivity index (χ4n) is 1.40. The monoisotopic (exact) mass is 237 g/mol. The Morgan fingerprint density at radius 1 is 1.18 bits per heavy atom. The summed E-state index contributed by atoms with van der Waals surface area (Å²) in [4.78, 5) is 8.52. The van der Waals surface area contributed by atoms with E-state index in [1.54, 1.807) is 0 Å². The zero-order valence-corrected chi connectivity index (χ0v) is 11.0. The lowest BCUT2D eigenvalue weighted by Crippen LogP contribution is -2.19. The SMILES string of the molecule is CNCCCNCc1cnc(NC(C)C)nc1. The number of hydrogen-bond donors (Lipinski definition) is 3. The van der Waals surface area contributed by atoms with E-state index in [0.29, 0.717) is 12.0 Å². The fourth-order valence-corrected chi connectivity index (χ4v) is 1.40. The highest BCUT2D eigenvalue weighted by Gasteiger charge is 1.98. The number of anilines is 1.